The topological polar surface area (TPSA) is 137 Å². The van der Waals surface area contributed by atoms with Gasteiger partial charge in [-0.25, -0.2) is 9.78 Å². The molecule has 3 N–H and O–H groups in total. The van der Waals surface area contributed by atoms with E-state index < -0.39 is 11.5 Å². The van der Waals surface area contributed by atoms with Crippen LogP contribution >= 0.6 is 11.3 Å². The van der Waals surface area contributed by atoms with E-state index in [0.29, 0.717) is 11.6 Å². The summed E-state index contributed by atoms with van der Waals surface area (Å²) in [5, 5.41) is 9.19. The first kappa shape index (κ1) is 24.2. The first-order valence-electron chi connectivity index (χ1n) is 10.3. The van der Waals surface area contributed by atoms with Crippen molar-refractivity contribution in [1.82, 2.24) is 9.55 Å². The molecule has 1 aliphatic heterocycles. The lowest BCUT2D eigenvalue weighted by atomic mass is 10.2. The van der Waals surface area contributed by atoms with Crippen LogP contribution in [0.25, 0.3) is 10.2 Å². The minimum Gasteiger partial charge on any atom is -0.494 e. The summed E-state index contributed by atoms with van der Waals surface area (Å²) in [6.07, 6.45) is 1.67. The zero-order valence-corrected chi connectivity index (χ0v) is 19.3. The van der Waals surface area contributed by atoms with E-state index in [1.165, 1.54) is 33.9 Å². The number of ether oxygens (including phenoxy) is 2. The Morgan fingerprint density at radius 3 is 2.61 bits per heavy atom. The van der Waals surface area contributed by atoms with Crippen LogP contribution in [0.3, 0.4) is 0 Å². The fraction of sp³-hybridized carbons (Fsp3) is 0.364. The van der Waals surface area contributed by atoms with Gasteiger partial charge in [-0.15, -0.1) is 0 Å². The number of rotatable bonds is 6. The molecule has 2 aromatic heterocycles. The number of nitrogens with two attached hydrogens (primary N) is 1. The number of carbonyl (C=O) groups excluding carboxylic acids is 1. The van der Waals surface area contributed by atoms with E-state index in [4.69, 9.17) is 20.3 Å². The summed E-state index contributed by atoms with van der Waals surface area (Å²) in [6.45, 7) is 5.04. The van der Waals surface area contributed by atoms with Crippen molar-refractivity contribution >= 4 is 44.1 Å². The SMILES string of the molecule is CCC(=O)Cn1ccc(C(=O)O)cc1=O.COc1ccc(N2CCOCC2)c2sc(N)nc12. The van der Waals surface area contributed by atoms with Gasteiger partial charge in [0, 0.05) is 31.8 Å². The fourth-order valence-electron chi connectivity index (χ4n) is 3.28. The van der Waals surface area contributed by atoms with E-state index in [2.05, 4.69) is 16.0 Å². The quantitative estimate of drug-likeness (QED) is 0.551. The van der Waals surface area contributed by atoms with E-state index in [0.717, 1.165) is 48.3 Å². The standard InChI is InChI=1S/C12H15N3O2S.C10H11NO4/c1-16-9-3-2-8(15-4-6-17-7-5-15)11-10(9)14-12(13)18-11;1-2-8(12)6-11-4-3-7(10(14)15)5-9(11)13/h2-3H,4-7H2,1H3,(H2,13,14);3-5H,2,6H2,1H3,(H,14,15). The minimum atomic E-state index is -1.15. The lowest BCUT2D eigenvalue weighted by Crippen LogP contribution is -2.36. The molecule has 11 heteroatoms. The van der Waals surface area contributed by atoms with Crippen LogP contribution in [0.1, 0.15) is 23.7 Å². The van der Waals surface area contributed by atoms with Gasteiger partial charge in [-0.3, -0.25) is 9.59 Å². The summed E-state index contributed by atoms with van der Waals surface area (Å²) in [6, 6.07) is 6.33. The Labute approximate surface area is 194 Å². The molecule has 3 heterocycles. The Kier molecular flexibility index (Phi) is 8.01. The van der Waals surface area contributed by atoms with Crippen LogP contribution in [0.4, 0.5) is 10.8 Å². The normalized spacial score (nSPS) is 13.3. The average Bonchev–Trinajstić information content (AvgIpc) is 3.21. The summed E-state index contributed by atoms with van der Waals surface area (Å²) in [5.41, 5.74) is 7.30. The number of fused-ring (bicyclic) bond motifs is 1. The van der Waals surface area contributed by atoms with Gasteiger partial charge in [0.1, 0.15) is 11.3 Å². The zero-order valence-electron chi connectivity index (χ0n) is 18.4. The maximum Gasteiger partial charge on any atom is 0.335 e. The van der Waals surface area contributed by atoms with Gasteiger partial charge >= 0.3 is 5.97 Å². The monoisotopic (exact) mass is 474 g/mol. The number of aromatic carboxylic acids is 1. The third kappa shape index (κ3) is 5.88. The Morgan fingerprint density at radius 2 is 2.00 bits per heavy atom. The van der Waals surface area contributed by atoms with Crippen molar-refractivity contribution in [2.75, 3.05) is 44.0 Å². The maximum atomic E-state index is 11.3. The van der Waals surface area contributed by atoms with Crippen LogP contribution < -0.4 is 20.9 Å². The Morgan fingerprint density at radius 1 is 1.27 bits per heavy atom. The lowest BCUT2D eigenvalue weighted by molar-refractivity contribution is -0.119. The van der Waals surface area contributed by atoms with Crippen LogP contribution in [0.2, 0.25) is 0 Å². The number of aromatic nitrogens is 2. The molecule has 0 unspecified atom stereocenters. The highest BCUT2D eigenvalue weighted by molar-refractivity contribution is 7.22. The summed E-state index contributed by atoms with van der Waals surface area (Å²) in [4.78, 5) is 39.6. The van der Waals surface area contributed by atoms with Gasteiger partial charge in [0.25, 0.3) is 5.56 Å². The number of morpholine rings is 1. The van der Waals surface area contributed by atoms with E-state index >= 15 is 0 Å². The van der Waals surface area contributed by atoms with Crippen molar-refractivity contribution in [3.8, 4) is 5.75 Å². The highest BCUT2D eigenvalue weighted by Crippen LogP contribution is 2.38. The van der Waals surface area contributed by atoms with Gasteiger partial charge in [0.15, 0.2) is 10.9 Å². The molecule has 0 aliphatic carbocycles. The number of hydrogen-bond acceptors (Lipinski definition) is 9. The van der Waals surface area contributed by atoms with Gasteiger partial charge < -0.3 is 29.8 Å². The number of carboxylic acid groups (broad SMARTS) is 1. The van der Waals surface area contributed by atoms with Crippen LogP contribution in [0, 0.1) is 0 Å². The molecule has 0 amide bonds. The summed E-state index contributed by atoms with van der Waals surface area (Å²) < 4.78 is 13.0. The zero-order chi connectivity index (χ0) is 24.0. The molecule has 0 saturated carbocycles. The number of benzene rings is 1. The van der Waals surface area contributed by atoms with E-state index in [1.54, 1.807) is 14.0 Å². The number of anilines is 2. The maximum absolute atomic E-state index is 11.3. The molecular formula is C22H26N4O6S. The number of nitrogens with zero attached hydrogens (tertiary/aromatic N) is 3. The summed E-state index contributed by atoms with van der Waals surface area (Å²) in [7, 11) is 1.65. The molecule has 0 radical (unpaired) electrons. The number of carboxylic acids is 1. The predicted molar refractivity (Wildman–Crippen MR) is 127 cm³/mol. The van der Waals surface area contributed by atoms with E-state index in [9.17, 15) is 14.4 Å². The van der Waals surface area contributed by atoms with Gasteiger partial charge in [-0.2, -0.15) is 0 Å². The van der Waals surface area contributed by atoms with Crippen molar-refractivity contribution in [3.63, 3.8) is 0 Å². The number of ketones is 1. The van der Waals surface area contributed by atoms with Crippen LogP contribution in [0.5, 0.6) is 5.75 Å². The number of nitrogen functional groups attached to an aromatic ring is 1. The molecular weight excluding hydrogens is 448 g/mol. The average molecular weight is 475 g/mol. The second-order valence-electron chi connectivity index (χ2n) is 7.20. The van der Waals surface area contributed by atoms with Gasteiger partial charge in [-0.1, -0.05) is 18.3 Å². The largest absolute Gasteiger partial charge is 0.494 e. The molecule has 4 rings (SSSR count). The van der Waals surface area contributed by atoms with E-state index in [1.807, 2.05) is 6.07 Å². The second kappa shape index (κ2) is 10.9. The summed E-state index contributed by atoms with van der Waals surface area (Å²) >= 11 is 1.51. The minimum absolute atomic E-state index is 0.00473. The number of carbonyl (C=O) groups is 2. The molecule has 1 aliphatic rings. The predicted octanol–water partition coefficient (Wildman–Crippen LogP) is 2.25. The molecule has 1 saturated heterocycles. The molecule has 176 valence electrons. The highest BCUT2D eigenvalue weighted by Gasteiger charge is 2.18. The number of methoxy groups -OCH3 is 1. The van der Waals surface area contributed by atoms with Crippen LogP contribution in [0.15, 0.2) is 35.3 Å². The Bertz CT molecular complexity index is 1200. The molecule has 0 atom stereocenters. The molecule has 33 heavy (non-hydrogen) atoms. The van der Waals surface area contributed by atoms with Crippen LogP contribution in [-0.2, 0) is 16.1 Å². The van der Waals surface area contributed by atoms with Crippen LogP contribution in [-0.4, -0.2) is 59.8 Å². The smallest absolute Gasteiger partial charge is 0.335 e. The molecule has 1 aromatic carbocycles. The number of Topliss-reactive ketones (excluding diaryl/α,β-unsaturated/α-hetero) is 1. The Hall–Kier alpha value is -3.44. The molecule has 3 aromatic rings. The van der Waals surface area contributed by atoms with Crippen molar-refractivity contribution in [2.45, 2.75) is 19.9 Å². The fourth-order valence-corrected chi connectivity index (χ4v) is 4.17. The number of thiazole rings is 1. The van der Waals surface area contributed by atoms with Crippen molar-refractivity contribution < 1.29 is 24.2 Å². The second-order valence-corrected chi connectivity index (χ2v) is 8.23. The van der Waals surface area contributed by atoms with Gasteiger partial charge in [0.05, 0.1) is 42.8 Å². The van der Waals surface area contributed by atoms with Gasteiger partial charge in [-0.05, 0) is 18.2 Å². The molecule has 1 fully saturated rings. The third-order valence-corrected chi connectivity index (χ3v) is 5.97. The number of pyridine rings is 1. The van der Waals surface area contributed by atoms with E-state index in [-0.39, 0.29) is 17.9 Å². The first-order valence-corrected chi connectivity index (χ1v) is 11.2. The van der Waals surface area contributed by atoms with Crippen molar-refractivity contribution in [3.05, 3.63) is 46.4 Å². The third-order valence-electron chi connectivity index (χ3n) is 5.06. The first-order chi connectivity index (χ1) is 15.8. The van der Waals surface area contributed by atoms with Crippen molar-refractivity contribution in [2.24, 2.45) is 0 Å². The highest BCUT2D eigenvalue weighted by atomic mass is 32.1. The van der Waals surface area contributed by atoms with Gasteiger partial charge in [0.2, 0.25) is 0 Å². The number of hydrogen-bond donors (Lipinski definition) is 2. The Balaban J connectivity index is 0.000000190. The lowest BCUT2D eigenvalue weighted by Gasteiger charge is -2.29. The van der Waals surface area contributed by atoms with Crippen molar-refractivity contribution in [1.29, 1.82) is 0 Å². The summed E-state index contributed by atoms with van der Waals surface area (Å²) in [5.74, 6) is -0.448. The molecule has 10 nitrogen and oxygen atoms in total. The molecule has 0 bridgehead atoms. The molecule has 0 spiro atoms.